The number of carbonyl (C=O) groups excluding carboxylic acids is 2. The lowest BCUT2D eigenvalue weighted by molar-refractivity contribution is -0.142. The summed E-state index contributed by atoms with van der Waals surface area (Å²) in [5.41, 5.74) is 1.20. The van der Waals surface area contributed by atoms with Gasteiger partial charge in [-0.05, 0) is 72.5 Å². The molecule has 1 N–H and O–H groups in total. The zero-order valence-corrected chi connectivity index (χ0v) is 22.5. The van der Waals surface area contributed by atoms with Crippen molar-refractivity contribution >= 4 is 11.8 Å². The zero-order chi connectivity index (χ0) is 28.3. The standard InChI is InChI=1S/C29H29FN6O5/c1-18-6-12-24(41-18)28-32-34-36(33-28)16-26(37)35(15-19-7-13-23-25(14-19)40-17-39-23)27(20-8-10-21(30)11-9-20)29(38)31-22-4-2-3-5-22/h6-14,22,27H,2-5,15-17H2,1H3,(H,31,38)/t27-/m0/s1. The molecule has 12 heteroatoms. The SMILES string of the molecule is Cc1ccc(-c2nnn(CC(=O)N(Cc3ccc4c(c3)OCO4)[C@H](C(=O)NC3CCCC3)c3ccc(F)cc3)n2)o1. The molecule has 11 nitrogen and oxygen atoms in total. The Labute approximate surface area is 235 Å². The molecule has 2 aromatic carbocycles. The lowest BCUT2D eigenvalue weighted by Crippen LogP contribution is -2.46. The number of amides is 2. The minimum Gasteiger partial charge on any atom is -0.458 e. The number of benzene rings is 2. The summed E-state index contributed by atoms with van der Waals surface area (Å²) in [7, 11) is 0. The van der Waals surface area contributed by atoms with E-state index < -0.39 is 17.8 Å². The normalized spacial score (nSPS) is 15.2. The maximum absolute atomic E-state index is 14.0. The van der Waals surface area contributed by atoms with Gasteiger partial charge in [-0.25, -0.2) is 4.39 Å². The number of fused-ring (bicyclic) bond motifs is 1. The highest BCUT2D eigenvalue weighted by atomic mass is 19.1. The topological polar surface area (TPSA) is 125 Å². The van der Waals surface area contributed by atoms with Crippen LogP contribution in [0.3, 0.4) is 0 Å². The Morgan fingerprint density at radius 3 is 2.61 bits per heavy atom. The van der Waals surface area contributed by atoms with Crippen LogP contribution in [0.5, 0.6) is 11.5 Å². The van der Waals surface area contributed by atoms with Crippen molar-refractivity contribution in [2.75, 3.05) is 6.79 Å². The van der Waals surface area contributed by atoms with Gasteiger partial charge in [0.1, 0.15) is 24.2 Å². The molecular weight excluding hydrogens is 531 g/mol. The maximum atomic E-state index is 14.0. The molecule has 41 heavy (non-hydrogen) atoms. The fourth-order valence-corrected chi connectivity index (χ4v) is 5.20. The third-order valence-electron chi connectivity index (χ3n) is 7.25. The second-order valence-corrected chi connectivity index (χ2v) is 10.2. The fourth-order valence-electron chi connectivity index (χ4n) is 5.20. The number of rotatable bonds is 9. The summed E-state index contributed by atoms with van der Waals surface area (Å²) in [6.07, 6.45) is 3.80. The van der Waals surface area contributed by atoms with E-state index in [9.17, 15) is 14.0 Å². The summed E-state index contributed by atoms with van der Waals surface area (Å²) in [5.74, 6) is 1.31. The molecule has 1 aliphatic heterocycles. The maximum Gasteiger partial charge on any atom is 0.247 e. The van der Waals surface area contributed by atoms with E-state index >= 15 is 0 Å². The third kappa shape index (κ3) is 5.91. The van der Waals surface area contributed by atoms with Crippen LogP contribution in [-0.4, -0.2) is 49.8 Å². The molecule has 0 unspecified atom stereocenters. The van der Waals surface area contributed by atoms with Gasteiger partial charge >= 0.3 is 0 Å². The molecule has 6 rings (SSSR count). The first kappa shape index (κ1) is 26.5. The van der Waals surface area contributed by atoms with Crippen LogP contribution < -0.4 is 14.8 Å². The number of hydrogen-bond donors (Lipinski definition) is 1. The summed E-state index contributed by atoms with van der Waals surface area (Å²) >= 11 is 0. The van der Waals surface area contributed by atoms with Crippen molar-refractivity contribution in [2.24, 2.45) is 0 Å². The second-order valence-electron chi connectivity index (χ2n) is 10.2. The number of nitrogens with zero attached hydrogens (tertiary/aromatic N) is 5. The summed E-state index contributed by atoms with van der Waals surface area (Å²) < 4.78 is 30.4. The minimum atomic E-state index is -1.04. The van der Waals surface area contributed by atoms with Gasteiger partial charge in [0.05, 0.1) is 0 Å². The monoisotopic (exact) mass is 560 g/mol. The van der Waals surface area contributed by atoms with Crippen LogP contribution >= 0.6 is 0 Å². The molecule has 0 radical (unpaired) electrons. The fraction of sp³-hybridized carbons (Fsp3) is 0.345. The molecule has 0 bridgehead atoms. The quantitative estimate of drug-likeness (QED) is 0.327. The van der Waals surface area contributed by atoms with Gasteiger partial charge in [-0.2, -0.15) is 4.80 Å². The Morgan fingerprint density at radius 1 is 1.07 bits per heavy atom. The number of aryl methyl sites for hydroxylation is 1. The predicted octanol–water partition coefficient (Wildman–Crippen LogP) is 3.94. The lowest BCUT2D eigenvalue weighted by atomic mass is 10.0. The molecule has 2 amide bonds. The van der Waals surface area contributed by atoms with Gasteiger partial charge in [-0.15, -0.1) is 10.2 Å². The Bertz CT molecular complexity index is 1550. The molecule has 3 heterocycles. The van der Waals surface area contributed by atoms with E-state index in [-0.39, 0.29) is 37.7 Å². The highest BCUT2D eigenvalue weighted by molar-refractivity contribution is 5.89. The number of ether oxygens (including phenoxy) is 2. The number of tetrazole rings is 1. The molecule has 1 aliphatic carbocycles. The summed E-state index contributed by atoms with van der Waals surface area (Å²) in [6, 6.07) is 13.5. The summed E-state index contributed by atoms with van der Waals surface area (Å²) in [5, 5.41) is 15.5. The van der Waals surface area contributed by atoms with E-state index in [4.69, 9.17) is 13.9 Å². The Morgan fingerprint density at radius 2 is 1.85 bits per heavy atom. The van der Waals surface area contributed by atoms with E-state index in [0.29, 0.717) is 28.6 Å². The first-order chi connectivity index (χ1) is 19.9. The van der Waals surface area contributed by atoms with E-state index in [1.807, 2.05) is 6.07 Å². The van der Waals surface area contributed by atoms with Gasteiger partial charge in [0.25, 0.3) is 0 Å². The molecule has 2 aromatic heterocycles. The number of hydrogen-bond acceptors (Lipinski definition) is 8. The summed E-state index contributed by atoms with van der Waals surface area (Å²) in [6.45, 7) is 1.69. The predicted molar refractivity (Wildman–Crippen MR) is 143 cm³/mol. The average molecular weight is 561 g/mol. The average Bonchev–Trinajstić information content (AvgIpc) is 3.77. The van der Waals surface area contributed by atoms with Crippen molar-refractivity contribution < 1.29 is 27.9 Å². The van der Waals surface area contributed by atoms with Crippen LogP contribution in [0.2, 0.25) is 0 Å². The highest BCUT2D eigenvalue weighted by Gasteiger charge is 2.34. The van der Waals surface area contributed by atoms with Gasteiger partial charge in [0, 0.05) is 12.6 Å². The van der Waals surface area contributed by atoms with Gasteiger partial charge in [-0.1, -0.05) is 31.0 Å². The molecule has 0 spiro atoms. The van der Waals surface area contributed by atoms with Gasteiger partial charge in [0.15, 0.2) is 17.3 Å². The minimum absolute atomic E-state index is 0.0178. The molecule has 1 fully saturated rings. The van der Waals surface area contributed by atoms with Crippen molar-refractivity contribution in [1.29, 1.82) is 0 Å². The number of furan rings is 1. The molecule has 1 saturated carbocycles. The first-order valence-corrected chi connectivity index (χ1v) is 13.5. The van der Waals surface area contributed by atoms with Crippen LogP contribution in [0.4, 0.5) is 4.39 Å². The molecule has 4 aromatic rings. The van der Waals surface area contributed by atoms with Crippen LogP contribution in [0, 0.1) is 12.7 Å². The molecule has 212 valence electrons. The van der Waals surface area contributed by atoms with Crippen LogP contribution in [0.1, 0.15) is 48.6 Å². The van der Waals surface area contributed by atoms with E-state index in [2.05, 4.69) is 20.7 Å². The van der Waals surface area contributed by atoms with Gasteiger partial charge in [0.2, 0.25) is 24.4 Å². The lowest BCUT2D eigenvalue weighted by Gasteiger charge is -2.32. The van der Waals surface area contributed by atoms with Gasteiger partial charge in [-0.3, -0.25) is 9.59 Å². The van der Waals surface area contributed by atoms with Crippen LogP contribution in [-0.2, 0) is 22.7 Å². The van der Waals surface area contributed by atoms with E-state index in [1.165, 1.54) is 34.0 Å². The van der Waals surface area contributed by atoms with Crippen LogP contribution in [0.25, 0.3) is 11.6 Å². The van der Waals surface area contributed by atoms with Crippen molar-refractivity contribution in [1.82, 2.24) is 30.4 Å². The first-order valence-electron chi connectivity index (χ1n) is 13.5. The smallest absolute Gasteiger partial charge is 0.247 e. The highest BCUT2D eigenvalue weighted by Crippen LogP contribution is 2.34. The molecule has 1 atom stereocenters. The zero-order valence-electron chi connectivity index (χ0n) is 22.5. The number of carbonyl (C=O) groups is 2. The second kappa shape index (κ2) is 11.4. The van der Waals surface area contributed by atoms with Crippen molar-refractivity contribution in [3.8, 4) is 23.1 Å². The van der Waals surface area contributed by atoms with Crippen LogP contribution in [0.15, 0.2) is 59.0 Å². The largest absolute Gasteiger partial charge is 0.458 e. The Hall–Kier alpha value is -4.74. The summed E-state index contributed by atoms with van der Waals surface area (Å²) in [4.78, 5) is 30.5. The van der Waals surface area contributed by atoms with Crippen molar-refractivity contribution in [3.05, 3.63) is 77.3 Å². The Kier molecular flexibility index (Phi) is 7.36. The third-order valence-corrected chi connectivity index (χ3v) is 7.25. The van der Waals surface area contributed by atoms with Crippen molar-refractivity contribution in [2.45, 2.75) is 57.8 Å². The number of halogens is 1. The van der Waals surface area contributed by atoms with Crippen molar-refractivity contribution in [3.63, 3.8) is 0 Å². The van der Waals surface area contributed by atoms with E-state index in [1.54, 1.807) is 31.2 Å². The number of aromatic nitrogens is 4. The molecular formula is C29H29FN6O5. The van der Waals surface area contributed by atoms with Gasteiger partial charge < -0.3 is 24.1 Å². The Balaban J connectivity index is 1.33. The molecule has 2 aliphatic rings. The van der Waals surface area contributed by atoms with E-state index in [0.717, 1.165) is 31.2 Å². The molecule has 0 saturated heterocycles. The number of nitrogens with one attached hydrogen (secondary N) is 1.